The van der Waals surface area contributed by atoms with Gasteiger partial charge in [-0.25, -0.2) is 0 Å². The molecule has 1 N–H and O–H groups in total. The first-order chi connectivity index (χ1) is 8.28. The lowest BCUT2D eigenvalue weighted by Gasteiger charge is -2.30. The Morgan fingerprint density at radius 1 is 1.29 bits per heavy atom. The van der Waals surface area contributed by atoms with Gasteiger partial charge < -0.3 is 10.2 Å². The minimum Gasteiger partial charge on any atom is -0.314 e. The lowest BCUT2D eigenvalue weighted by molar-refractivity contribution is 0.203. The van der Waals surface area contributed by atoms with Crippen LogP contribution in [-0.2, 0) is 0 Å². The summed E-state index contributed by atoms with van der Waals surface area (Å²) in [4.78, 5) is 2.49. The van der Waals surface area contributed by atoms with Crippen molar-refractivity contribution < 1.29 is 0 Å². The molecular weight excluding hydrogens is 228 g/mol. The molecule has 1 aliphatic heterocycles. The van der Waals surface area contributed by atoms with Crippen LogP contribution in [-0.4, -0.2) is 48.6 Å². The summed E-state index contributed by atoms with van der Waals surface area (Å²) >= 11 is 2.16. The molecular formula is C14H28N2S. The topological polar surface area (TPSA) is 15.3 Å². The first-order valence-electron chi connectivity index (χ1n) is 7.31. The number of likely N-dealkylation sites (tertiary alicyclic amines) is 1. The molecule has 3 atom stereocenters. The quantitative estimate of drug-likeness (QED) is 0.814. The second kappa shape index (κ2) is 7.01. The fraction of sp³-hybridized carbons (Fsp3) is 1.00. The molecule has 3 unspecified atom stereocenters. The molecule has 0 amide bonds. The number of nitrogens with one attached hydrogen (secondary N) is 1. The van der Waals surface area contributed by atoms with Crippen LogP contribution in [0.3, 0.4) is 0 Å². The zero-order valence-electron chi connectivity index (χ0n) is 11.5. The second-order valence-corrected chi connectivity index (χ2v) is 7.34. The predicted octanol–water partition coefficient (Wildman–Crippen LogP) is 2.59. The van der Waals surface area contributed by atoms with Crippen molar-refractivity contribution in [2.24, 2.45) is 5.92 Å². The van der Waals surface area contributed by atoms with Crippen molar-refractivity contribution in [1.82, 2.24) is 10.2 Å². The number of hydrogen-bond acceptors (Lipinski definition) is 3. The Labute approximate surface area is 111 Å². The first-order valence-corrected chi connectivity index (χ1v) is 8.36. The molecule has 0 aromatic carbocycles. The third-order valence-corrected chi connectivity index (χ3v) is 5.44. The van der Waals surface area contributed by atoms with Crippen molar-refractivity contribution in [3.8, 4) is 0 Å². The molecule has 2 aliphatic rings. The van der Waals surface area contributed by atoms with Crippen molar-refractivity contribution in [1.29, 1.82) is 0 Å². The largest absolute Gasteiger partial charge is 0.314 e. The standard InChI is InChI=1S/C14H28N2S/c1-3-17-14-7-6-13(9-14)15-10-12-5-4-8-16(2)11-12/h12-15H,3-11H2,1-2H3. The van der Waals surface area contributed by atoms with Crippen LogP contribution < -0.4 is 5.32 Å². The minimum atomic E-state index is 0.811. The third-order valence-electron chi connectivity index (χ3n) is 4.20. The van der Waals surface area contributed by atoms with E-state index in [1.54, 1.807) is 0 Å². The zero-order chi connectivity index (χ0) is 12.1. The number of piperidine rings is 1. The Balaban J connectivity index is 1.62. The van der Waals surface area contributed by atoms with Crippen LogP contribution in [0.2, 0.25) is 0 Å². The molecule has 1 aliphatic carbocycles. The molecule has 100 valence electrons. The first kappa shape index (κ1) is 13.7. The average Bonchev–Trinajstić information content (AvgIpc) is 2.75. The van der Waals surface area contributed by atoms with Crippen LogP contribution in [0.25, 0.3) is 0 Å². The fourth-order valence-corrected chi connectivity index (χ4v) is 4.43. The van der Waals surface area contributed by atoms with E-state index in [0.717, 1.165) is 17.2 Å². The molecule has 1 heterocycles. The molecule has 1 saturated carbocycles. The molecule has 0 aromatic rings. The van der Waals surface area contributed by atoms with Crippen LogP contribution in [0.15, 0.2) is 0 Å². The Bertz CT molecular complexity index is 222. The van der Waals surface area contributed by atoms with E-state index >= 15 is 0 Å². The van der Waals surface area contributed by atoms with E-state index in [4.69, 9.17) is 0 Å². The van der Waals surface area contributed by atoms with Gasteiger partial charge in [-0.15, -0.1) is 0 Å². The number of rotatable bonds is 5. The lowest BCUT2D eigenvalue weighted by atomic mass is 9.98. The molecule has 2 fully saturated rings. The van der Waals surface area contributed by atoms with Crippen LogP contribution in [0.4, 0.5) is 0 Å². The molecule has 0 bridgehead atoms. The Kier molecular flexibility index (Phi) is 5.64. The van der Waals surface area contributed by atoms with Crippen LogP contribution >= 0.6 is 11.8 Å². The molecule has 0 aromatic heterocycles. The van der Waals surface area contributed by atoms with Gasteiger partial charge in [0, 0.05) is 17.8 Å². The fourth-order valence-electron chi connectivity index (χ4n) is 3.29. The summed E-state index contributed by atoms with van der Waals surface area (Å²) < 4.78 is 0. The SMILES string of the molecule is CCSC1CCC(NCC2CCCN(C)C2)C1. The predicted molar refractivity (Wildman–Crippen MR) is 77.8 cm³/mol. The van der Waals surface area contributed by atoms with Gasteiger partial charge in [0.25, 0.3) is 0 Å². The summed E-state index contributed by atoms with van der Waals surface area (Å²) in [5.74, 6) is 2.18. The highest BCUT2D eigenvalue weighted by molar-refractivity contribution is 7.99. The van der Waals surface area contributed by atoms with Gasteiger partial charge in [0.05, 0.1) is 0 Å². The van der Waals surface area contributed by atoms with Gasteiger partial charge >= 0.3 is 0 Å². The average molecular weight is 256 g/mol. The van der Waals surface area contributed by atoms with Gasteiger partial charge in [0.1, 0.15) is 0 Å². The number of hydrogen-bond donors (Lipinski definition) is 1. The third kappa shape index (κ3) is 4.46. The summed E-state index contributed by atoms with van der Waals surface area (Å²) in [7, 11) is 2.26. The van der Waals surface area contributed by atoms with Crippen LogP contribution in [0.5, 0.6) is 0 Å². The van der Waals surface area contributed by atoms with Crippen molar-refractivity contribution in [3.05, 3.63) is 0 Å². The van der Waals surface area contributed by atoms with E-state index in [-0.39, 0.29) is 0 Å². The molecule has 3 heteroatoms. The maximum absolute atomic E-state index is 3.82. The summed E-state index contributed by atoms with van der Waals surface area (Å²) in [6.07, 6.45) is 7.06. The van der Waals surface area contributed by atoms with Crippen LogP contribution in [0.1, 0.15) is 39.0 Å². The van der Waals surface area contributed by atoms with Gasteiger partial charge in [-0.05, 0) is 63.9 Å². The molecule has 0 radical (unpaired) electrons. The van der Waals surface area contributed by atoms with Crippen LogP contribution in [0, 0.1) is 5.92 Å². The van der Waals surface area contributed by atoms with Gasteiger partial charge in [-0.1, -0.05) is 6.92 Å². The maximum Gasteiger partial charge on any atom is 0.00781 e. The number of nitrogens with zero attached hydrogens (tertiary/aromatic N) is 1. The van der Waals surface area contributed by atoms with E-state index in [1.807, 2.05) is 0 Å². The summed E-state index contributed by atoms with van der Waals surface area (Å²) in [5, 5.41) is 4.76. The normalized spacial score (nSPS) is 35.3. The second-order valence-electron chi connectivity index (χ2n) is 5.77. The van der Waals surface area contributed by atoms with Crippen molar-refractivity contribution in [3.63, 3.8) is 0 Å². The van der Waals surface area contributed by atoms with Gasteiger partial charge in [-0.3, -0.25) is 0 Å². The molecule has 2 rings (SSSR count). The van der Waals surface area contributed by atoms with E-state index < -0.39 is 0 Å². The van der Waals surface area contributed by atoms with Gasteiger partial charge in [0.2, 0.25) is 0 Å². The highest BCUT2D eigenvalue weighted by atomic mass is 32.2. The molecule has 2 nitrogen and oxygen atoms in total. The Hall–Kier alpha value is 0.270. The Morgan fingerprint density at radius 3 is 2.94 bits per heavy atom. The molecule has 1 saturated heterocycles. The van der Waals surface area contributed by atoms with E-state index in [0.29, 0.717) is 0 Å². The van der Waals surface area contributed by atoms with Gasteiger partial charge in [-0.2, -0.15) is 11.8 Å². The maximum atomic E-state index is 3.82. The smallest absolute Gasteiger partial charge is 0.00781 e. The van der Waals surface area contributed by atoms with E-state index in [9.17, 15) is 0 Å². The molecule has 0 spiro atoms. The van der Waals surface area contributed by atoms with E-state index in [1.165, 1.54) is 57.5 Å². The van der Waals surface area contributed by atoms with Gasteiger partial charge in [0.15, 0.2) is 0 Å². The van der Waals surface area contributed by atoms with Crippen molar-refractivity contribution in [2.45, 2.75) is 50.3 Å². The zero-order valence-corrected chi connectivity index (χ0v) is 12.3. The van der Waals surface area contributed by atoms with Crippen molar-refractivity contribution >= 4 is 11.8 Å². The van der Waals surface area contributed by atoms with Crippen molar-refractivity contribution in [2.75, 3.05) is 32.4 Å². The highest BCUT2D eigenvalue weighted by Crippen LogP contribution is 2.29. The molecule has 17 heavy (non-hydrogen) atoms. The lowest BCUT2D eigenvalue weighted by Crippen LogP contribution is -2.40. The minimum absolute atomic E-state index is 0.811. The Morgan fingerprint density at radius 2 is 2.18 bits per heavy atom. The highest BCUT2D eigenvalue weighted by Gasteiger charge is 2.25. The van der Waals surface area contributed by atoms with E-state index in [2.05, 4.69) is 35.9 Å². The monoisotopic (exact) mass is 256 g/mol. The summed E-state index contributed by atoms with van der Waals surface area (Å²) in [6, 6.07) is 0.811. The number of thioether (sulfide) groups is 1. The summed E-state index contributed by atoms with van der Waals surface area (Å²) in [5.41, 5.74) is 0. The summed E-state index contributed by atoms with van der Waals surface area (Å²) in [6.45, 7) is 6.13.